The number of carboxylic acid groups (broad SMARTS) is 1. The summed E-state index contributed by atoms with van der Waals surface area (Å²) in [6, 6.07) is 8.34. The molecule has 3 heteroatoms. The second kappa shape index (κ2) is 4.73. The number of aliphatic carboxylic acids is 1. The van der Waals surface area contributed by atoms with Gasteiger partial charge in [-0.15, -0.1) is 0 Å². The van der Waals surface area contributed by atoms with Crippen LogP contribution in [-0.4, -0.2) is 17.7 Å². The molecular formula is C15H18O3. The molecule has 1 N–H and O–H groups in total. The van der Waals surface area contributed by atoms with Gasteiger partial charge < -0.3 is 9.84 Å². The zero-order chi connectivity index (χ0) is 12.5. The molecule has 3 nitrogen and oxygen atoms in total. The van der Waals surface area contributed by atoms with Gasteiger partial charge in [0, 0.05) is 6.61 Å². The molecule has 3 rings (SSSR count). The average molecular weight is 246 g/mol. The SMILES string of the molecule is O=C(O)C1CCCOC1c1ccc(C2CC2)cc1. The summed E-state index contributed by atoms with van der Waals surface area (Å²) in [4.78, 5) is 11.2. The average Bonchev–Trinajstić information content (AvgIpc) is 3.23. The second-order valence-electron chi connectivity index (χ2n) is 5.32. The number of carboxylic acids is 1. The van der Waals surface area contributed by atoms with Crippen LogP contribution in [-0.2, 0) is 9.53 Å². The highest BCUT2D eigenvalue weighted by Gasteiger charge is 2.33. The molecule has 2 unspecified atom stereocenters. The molecule has 1 aromatic carbocycles. The van der Waals surface area contributed by atoms with Gasteiger partial charge >= 0.3 is 5.97 Å². The van der Waals surface area contributed by atoms with Gasteiger partial charge in [-0.05, 0) is 42.7 Å². The van der Waals surface area contributed by atoms with Crippen molar-refractivity contribution in [2.75, 3.05) is 6.61 Å². The van der Waals surface area contributed by atoms with Gasteiger partial charge in [-0.2, -0.15) is 0 Å². The zero-order valence-electron chi connectivity index (χ0n) is 10.3. The lowest BCUT2D eigenvalue weighted by Crippen LogP contribution is -2.28. The predicted molar refractivity (Wildman–Crippen MR) is 67.5 cm³/mol. The summed E-state index contributed by atoms with van der Waals surface area (Å²) in [6.45, 7) is 0.665. The van der Waals surface area contributed by atoms with Gasteiger partial charge in [0.05, 0.1) is 12.0 Å². The van der Waals surface area contributed by atoms with E-state index in [4.69, 9.17) is 4.74 Å². The van der Waals surface area contributed by atoms with Crippen LogP contribution in [0.4, 0.5) is 0 Å². The minimum absolute atomic E-state index is 0.274. The van der Waals surface area contributed by atoms with Crippen LogP contribution >= 0.6 is 0 Å². The van der Waals surface area contributed by atoms with E-state index in [0.717, 1.165) is 17.9 Å². The fraction of sp³-hybridized carbons (Fsp3) is 0.533. The first-order valence-electron chi connectivity index (χ1n) is 6.70. The van der Waals surface area contributed by atoms with E-state index >= 15 is 0 Å². The lowest BCUT2D eigenvalue weighted by molar-refractivity contribution is -0.151. The fourth-order valence-electron chi connectivity index (χ4n) is 2.74. The van der Waals surface area contributed by atoms with E-state index in [-0.39, 0.29) is 6.10 Å². The van der Waals surface area contributed by atoms with Gasteiger partial charge in [-0.3, -0.25) is 4.79 Å². The molecule has 0 bridgehead atoms. The van der Waals surface area contributed by atoms with Crippen LogP contribution in [0.3, 0.4) is 0 Å². The Kier molecular flexibility index (Phi) is 3.08. The minimum atomic E-state index is -0.744. The Morgan fingerprint density at radius 2 is 1.78 bits per heavy atom. The number of hydrogen-bond donors (Lipinski definition) is 1. The molecule has 1 aliphatic heterocycles. The smallest absolute Gasteiger partial charge is 0.309 e. The monoisotopic (exact) mass is 246 g/mol. The minimum Gasteiger partial charge on any atom is -0.481 e. The third kappa shape index (κ3) is 2.27. The molecule has 1 aromatic rings. The molecule has 0 spiro atoms. The molecular weight excluding hydrogens is 228 g/mol. The lowest BCUT2D eigenvalue weighted by atomic mass is 9.89. The molecule has 96 valence electrons. The maximum atomic E-state index is 11.2. The highest BCUT2D eigenvalue weighted by Crippen LogP contribution is 2.41. The van der Waals surface area contributed by atoms with Crippen molar-refractivity contribution in [3.8, 4) is 0 Å². The van der Waals surface area contributed by atoms with Crippen molar-refractivity contribution in [1.82, 2.24) is 0 Å². The molecule has 0 radical (unpaired) electrons. The van der Waals surface area contributed by atoms with E-state index < -0.39 is 11.9 Å². The molecule has 0 amide bonds. The van der Waals surface area contributed by atoms with E-state index in [1.54, 1.807) is 0 Å². The molecule has 2 atom stereocenters. The van der Waals surface area contributed by atoms with Gasteiger partial charge in [-0.25, -0.2) is 0 Å². The summed E-state index contributed by atoms with van der Waals surface area (Å²) < 4.78 is 5.67. The maximum Gasteiger partial charge on any atom is 0.309 e. The Hall–Kier alpha value is -1.35. The van der Waals surface area contributed by atoms with Crippen LogP contribution in [0, 0.1) is 5.92 Å². The quantitative estimate of drug-likeness (QED) is 0.891. The second-order valence-corrected chi connectivity index (χ2v) is 5.32. The Morgan fingerprint density at radius 3 is 2.39 bits per heavy atom. The topological polar surface area (TPSA) is 46.5 Å². The highest BCUT2D eigenvalue weighted by molar-refractivity contribution is 5.71. The summed E-state index contributed by atoms with van der Waals surface area (Å²) in [5.74, 6) is -0.405. The highest BCUT2D eigenvalue weighted by atomic mass is 16.5. The molecule has 18 heavy (non-hydrogen) atoms. The van der Waals surface area contributed by atoms with Crippen LogP contribution in [0.5, 0.6) is 0 Å². The molecule has 1 saturated carbocycles. The van der Waals surface area contributed by atoms with Crippen LogP contribution in [0.1, 0.15) is 48.8 Å². The third-order valence-electron chi connectivity index (χ3n) is 3.95. The Morgan fingerprint density at radius 1 is 1.11 bits per heavy atom. The van der Waals surface area contributed by atoms with Gasteiger partial charge in [-0.1, -0.05) is 24.3 Å². The first-order chi connectivity index (χ1) is 8.75. The number of rotatable bonds is 3. The first kappa shape index (κ1) is 11.7. The van der Waals surface area contributed by atoms with Crippen molar-refractivity contribution < 1.29 is 14.6 Å². The van der Waals surface area contributed by atoms with Gasteiger partial charge in [0.15, 0.2) is 0 Å². The molecule has 2 aliphatic rings. The van der Waals surface area contributed by atoms with Gasteiger partial charge in [0.2, 0.25) is 0 Å². The van der Waals surface area contributed by atoms with Crippen molar-refractivity contribution in [1.29, 1.82) is 0 Å². The Bertz CT molecular complexity index is 434. The Labute approximate surface area is 107 Å². The van der Waals surface area contributed by atoms with Crippen molar-refractivity contribution in [2.45, 2.75) is 37.7 Å². The number of hydrogen-bond acceptors (Lipinski definition) is 2. The number of benzene rings is 1. The summed E-state index contributed by atoms with van der Waals surface area (Å²) in [7, 11) is 0. The fourth-order valence-corrected chi connectivity index (χ4v) is 2.74. The van der Waals surface area contributed by atoms with E-state index in [2.05, 4.69) is 12.1 Å². The van der Waals surface area contributed by atoms with Crippen molar-refractivity contribution in [3.05, 3.63) is 35.4 Å². The maximum absolute atomic E-state index is 11.2. The number of carbonyl (C=O) groups is 1. The summed E-state index contributed by atoms with van der Waals surface area (Å²) in [5.41, 5.74) is 2.38. The van der Waals surface area contributed by atoms with Crippen LogP contribution in [0.15, 0.2) is 24.3 Å². The van der Waals surface area contributed by atoms with E-state index in [0.29, 0.717) is 13.0 Å². The summed E-state index contributed by atoms with van der Waals surface area (Å²) >= 11 is 0. The van der Waals surface area contributed by atoms with Crippen LogP contribution in [0.2, 0.25) is 0 Å². The van der Waals surface area contributed by atoms with E-state index in [1.165, 1.54) is 18.4 Å². The van der Waals surface area contributed by atoms with E-state index in [9.17, 15) is 9.90 Å². The first-order valence-corrected chi connectivity index (χ1v) is 6.70. The predicted octanol–water partition coefficient (Wildman–Crippen LogP) is 3.12. The normalized spacial score (nSPS) is 28.0. The van der Waals surface area contributed by atoms with Crippen molar-refractivity contribution >= 4 is 5.97 Å². The molecule has 1 saturated heterocycles. The van der Waals surface area contributed by atoms with Crippen LogP contribution < -0.4 is 0 Å². The molecule has 0 aromatic heterocycles. The number of ether oxygens (including phenoxy) is 1. The lowest BCUT2D eigenvalue weighted by Gasteiger charge is -2.29. The van der Waals surface area contributed by atoms with Gasteiger partial charge in [0.1, 0.15) is 0 Å². The summed E-state index contributed by atoms with van der Waals surface area (Å²) in [5, 5.41) is 9.24. The van der Waals surface area contributed by atoms with Crippen molar-refractivity contribution in [3.63, 3.8) is 0 Å². The molecule has 2 fully saturated rings. The van der Waals surface area contributed by atoms with Gasteiger partial charge in [0.25, 0.3) is 0 Å². The van der Waals surface area contributed by atoms with Crippen LogP contribution in [0.25, 0.3) is 0 Å². The zero-order valence-corrected chi connectivity index (χ0v) is 10.3. The largest absolute Gasteiger partial charge is 0.481 e. The third-order valence-corrected chi connectivity index (χ3v) is 3.95. The van der Waals surface area contributed by atoms with Crippen molar-refractivity contribution in [2.24, 2.45) is 5.92 Å². The Balaban J connectivity index is 1.80. The summed E-state index contributed by atoms with van der Waals surface area (Å²) in [6.07, 6.45) is 3.86. The molecule has 1 heterocycles. The van der Waals surface area contributed by atoms with E-state index in [1.807, 2.05) is 12.1 Å². The standard InChI is InChI=1S/C15H18O3/c16-15(17)13-2-1-9-18-14(13)12-7-5-11(6-8-12)10-3-4-10/h5-8,10,13-14H,1-4,9H2,(H,16,17). The molecule has 1 aliphatic carbocycles.